The summed E-state index contributed by atoms with van der Waals surface area (Å²) >= 11 is 1.85. The van der Waals surface area contributed by atoms with Crippen molar-refractivity contribution < 1.29 is 0 Å². The number of hydrogen-bond acceptors (Lipinski definition) is 2. The van der Waals surface area contributed by atoms with Crippen molar-refractivity contribution in [1.29, 1.82) is 0 Å². The fourth-order valence-corrected chi connectivity index (χ4v) is 3.69. The van der Waals surface area contributed by atoms with Gasteiger partial charge in [0.05, 0.1) is 10.5 Å². The molecule has 0 amide bonds. The third-order valence-electron chi connectivity index (χ3n) is 3.97. The van der Waals surface area contributed by atoms with Gasteiger partial charge in [-0.1, -0.05) is 55.5 Å². The van der Waals surface area contributed by atoms with E-state index < -0.39 is 0 Å². The Kier molecular flexibility index (Phi) is 4.79. The maximum atomic E-state index is 4.90. The third-order valence-corrected chi connectivity index (χ3v) is 4.88. The Morgan fingerprint density at radius 2 is 1.82 bits per heavy atom. The van der Waals surface area contributed by atoms with Crippen LogP contribution in [0.4, 0.5) is 0 Å². The second kappa shape index (κ2) is 6.97. The second-order valence-corrected chi connectivity index (χ2v) is 6.64. The van der Waals surface area contributed by atoms with Crippen LogP contribution in [0, 0.1) is 6.92 Å². The number of benzene rings is 2. The van der Waals surface area contributed by atoms with Crippen LogP contribution in [0.5, 0.6) is 0 Å². The number of hydrogen-bond donors (Lipinski definition) is 0. The summed E-state index contributed by atoms with van der Waals surface area (Å²) in [5.41, 5.74) is 5.22. The molecule has 0 spiro atoms. The van der Waals surface area contributed by atoms with Gasteiger partial charge in [-0.05, 0) is 42.5 Å². The van der Waals surface area contributed by atoms with E-state index in [1.165, 1.54) is 27.6 Å². The number of para-hydroxylation sites is 1. The van der Waals surface area contributed by atoms with Crippen LogP contribution in [0.3, 0.4) is 0 Å². The Morgan fingerprint density at radius 1 is 1.00 bits per heavy atom. The molecule has 1 aromatic heterocycles. The van der Waals surface area contributed by atoms with Crippen molar-refractivity contribution in [2.45, 2.75) is 31.7 Å². The number of aryl methyl sites for hydroxylation is 3. The molecule has 0 atom stereocenters. The highest BCUT2D eigenvalue weighted by Crippen LogP contribution is 2.26. The summed E-state index contributed by atoms with van der Waals surface area (Å²) < 4.78 is 0. The lowest BCUT2D eigenvalue weighted by molar-refractivity contribution is 1.10. The largest absolute Gasteiger partial charge is 0.241 e. The lowest BCUT2D eigenvalue weighted by atomic mass is 10.0. The van der Waals surface area contributed by atoms with Crippen molar-refractivity contribution in [1.82, 2.24) is 4.98 Å². The van der Waals surface area contributed by atoms with Gasteiger partial charge in [-0.25, -0.2) is 4.98 Å². The van der Waals surface area contributed by atoms with Crippen molar-refractivity contribution in [2.75, 3.05) is 5.75 Å². The van der Waals surface area contributed by atoms with Gasteiger partial charge < -0.3 is 0 Å². The molecule has 0 N–H and O–H groups in total. The zero-order valence-electron chi connectivity index (χ0n) is 13.2. The molecule has 0 radical (unpaired) electrons. The van der Waals surface area contributed by atoms with Gasteiger partial charge in [0, 0.05) is 11.1 Å². The van der Waals surface area contributed by atoms with Gasteiger partial charge in [0.2, 0.25) is 0 Å². The zero-order valence-corrected chi connectivity index (χ0v) is 14.0. The molecule has 0 aliphatic rings. The number of thioether (sulfide) groups is 1. The smallest absolute Gasteiger partial charge is 0.0970 e. The first-order valence-electron chi connectivity index (χ1n) is 7.84. The van der Waals surface area contributed by atoms with E-state index in [1.807, 2.05) is 11.8 Å². The van der Waals surface area contributed by atoms with Crippen LogP contribution < -0.4 is 0 Å². The van der Waals surface area contributed by atoms with E-state index in [0.717, 1.165) is 23.6 Å². The Morgan fingerprint density at radius 3 is 2.59 bits per heavy atom. The molecule has 0 saturated carbocycles. The fourth-order valence-electron chi connectivity index (χ4n) is 2.72. The molecule has 0 bridgehead atoms. The van der Waals surface area contributed by atoms with Crippen molar-refractivity contribution >= 4 is 22.7 Å². The van der Waals surface area contributed by atoms with Gasteiger partial charge in [0.15, 0.2) is 0 Å². The summed E-state index contributed by atoms with van der Waals surface area (Å²) in [6.07, 6.45) is 2.11. The van der Waals surface area contributed by atoms with Crippen LogP contribution >= 0.6 is 11.8 Å². The second-order valence-electron chi connectivity index (χ2n) is 5.53. The Balaban J connectivity index is 1.79. The standard InChI is InChI=1S/C20H21NS/c1-3-17-10-7-11-18-15(2)14-19(21-20(17)18)22-13-12-16-8-5-4-6-9-16/h4-11,14H,3,12-13H2,1-2H3. The molecule has 0 aliphatic heterocycles. The van der Waals surface area contributed by atoms with Gasteiger partial charge in [-0.3, -0.25) is 0 Å². The predicted molar refractivity (Wildman–Crippen MR) is 96.7 cm³/mol. The highest BCUT2D eigenvalue weighted by molar-refractivity contribution is 7.99. The average molecular weight is 307 g/mol. The van der Waals surface area contributed by atoms with Gasteiger partial charge in [-0.15, -0.1) is 11.8 Å². The molecule has 0 unspecified atom stereocenters. The molecule has 3 aromatic rings. The number of rotatable bonds is 5. The fraction of sp³-hybridized carbons (Fsp3) is 0.250. The van der Waals surface area contributed by atoms with Gasteiger partial charge in [-0.2, -0.15) is 0 Å². The number of aromatic nitrogens is 1. The Hall–Kier alpha value is -1.80. The minimum atomic E-state index is 1.03. The molecule has 0 saturated heterocycles. The number of nitrogens with zero attached hydrogens (tertiary/aromatic N) is 1. The first-order valence-corrected chi connectivity index (χ1v) is 8.82. The summed E-state index contributed by atoms with van der Waals surface area (Å²) in [6.45, 7) is 4.38. The highest BCUT2D eigenvalue weighted by Gasteiger charge is 2.06. The quantitative estimate of drug-likeness (QED) is 0.582. The summed E-state index contributed by atoms with van der Waals surface area (Å²) in [5, 5.41) is 2.42. The molecule has 2 heteroatoms. The van der Waals surface area contributed by atoms with Crippen LogP contribution in [-0.4, -0.2) is 10.7 Å². The van der Waals surface area contributed by atoms with Crippen LogP contribution in [0.1, 0.15) is 23.6 Å². The summed E-state index contributed by atoms with van der Waals surface area (Å²) in [6, 6.07) is 19.4. The molecular weight excluding hydrogens is 286 g/mol. The SMILES string of the molecule is CCc1cccc2c(C)cc(SCCc3ccccc3)nc12. The minimum Gasteiger partial charge on any atom is -0.241 e. The van der Waals surface area contributed by atoms with Crippen LogP contribution in [-0.2, 0) is 12.8 Å². The third kappa shape index (κ3) is 3.33. The lowest BCUT2D eigenvalue weighted by Gasteiger charge is -2.09. The van der Waals surface area contributed by atoms with Crippen molar-refractivity contribution in [3.8, 4) is 0 Å². The Labute approximate surface area is 136 Å². The van der Waals surface area contributed by atoms with E-state index in [-0.39, 0.29) is 0 Å². The average Bonchev–Trinajstić information content (AvgIpc) is 2.55. The molecule has 1 nitrogen and oxygen atoms in total. The zero-order chi connectivity index (χ0) is 15.4. The highest BCUT2D eigenvalue weighted by atomic mass is 32.2. The lowest BCUT2D eigenvalue weighted by Crippen LogP contribution is -1.94. The van der Waals surface area contributed by atoms with Crippen molar-refractivity contribution in [2.24, 2.45) is 0 Å². The first kappa shape index (κ1) is 15.1. The molecular formula is C20H21NS. The molecule has 0 aliphatic carbocycles. The van der Waals surface area contributed by atoms with E-state index in [9.17, 15) is 0 Å². The first-order chi connectivity index (χ1) is 10.8. The van der Waals surface area contributed by atoms with E-state index in [0.29, 0.717) is 0 Å². The maximum Gasteiger partial charge on any atom is 0.0970 e. The number of pyridine rings is 1. The van der Waals surface area contributed by atoms with Gasteiger partial charge in [0.1, 0.15) is 0 Å². The minimum absolute atomic E-state index is 1.03. The molecule has 2 aromatic carbocycles. The summed E-state index contributed by atoms with van der Waals surface area (Å²) in [4.78, 5) is 4.90. The summed E-state index contributed by atoms with van der Waals surface area (Å²) in [5.74, 6) is 1.07. The van der Waals surface area contributed by atoms with Crippen molar-refractivity contribution in [3.05, 3.63) is 71.3 Å². The topological polar surface area (TPSA) is 12.9 Å². The van der Waals surface area contributed by atoms with E-state index in [2.05, 4.69) is 68.4 Å². The summed E-state index contributed by atoms with van der Waals surface area (Å²) in [7, 11) is 0. The van der Waals surface area contributed by atoms with Crippen molar-refractivity contribution in [3.63, 3.8) is 0 Å². The van der Waals surface area contributed by atoms with Crippen LogP contribution in [0.15, 0.2) is 59.6 Å². The molecule has 1 heterocycles. The number of fused-ring (bicyclic) bond motifs is 1. The Bertz CT molecular complexity index is 765. The van der Waals surface area contributed by atoms with Gasteiger partial charge in [0.25, 0.3) is 0 Å². The maximum absolute atomic E-state index is 4.90. The van der Waals surface area contributed by atoms with E-state index >= 15 is 0 Å². The molecule has 22 heavy (non-hydrogen) atoms. The van der Waals surface area contributed by atoms with Crippen LogP contribution in [0.25, 0.3) is 10.9 Å². The molecule has 0 fully saturated rings. The van der Waals surface area contributed by atoms with Crippen LogP contribution in [0.2, 0.25) is 0 Å². The molecule has 3 rings (SSSR count). The molecule has 112 valence electrons. The van der Waals surface area contributed by atoms with E-state index in [1.54, 1.807) is 0 Å². The normalized spacial score (nSPS) is 11.0. The predicted octanol–water partition coefficient (Wildman–Crippen LogP) is 5.44. The monoisotopic (exact) mass is 307 g/mol. The van der Waals surface area contributed by atoms with E-state index in [4.69, 9.17) is 4.98 Å². The van der Waals surface area contributed by atoms with Gasteiger partial charge >= 0.3 is 0 Å².